The lowest BCUT2D eigenvalue weighted by atomic mass is 10.1. The average molecular weight is 293 g/mol. The molecular formula is C13H18F3NO3. The maximum Gasteiger partial charge on any atom is 0.415 e. The molecule has 1 aliphatic heterocycles. The second-order valence-electron chi connectivity index (χ2n) is 4.95. The van der Waals surface area contributed by atoms with Crippen molar-refractivity contribution >= 4 is 0 Å². The largest absolute Gasteiger partial charge is 0.462 e. The molecule has 1 saturated heterocycles. The number of aliphatic hydroxyl groups excluding tert-OH is 1. The van der Waals surface area contributed by atoms with Crippen molar-refractivity contribution < 1.29 is 27.4 Å². The van der Waals surface area contributed by atoms with Crippen LogP contribution in [0.2, 0.25) is 0 Å². The van der Waals surface area contributed by atoms with Gasteiger partial charge in [0.25, 0.3) is 0 Å². The lowest BCUT2D eigenvalue weighted by molar-refractivity contribution is -0.208. The number of methoxy groups -OCH3 is 1. The first-order valence-corrected chi connectivity index (χ1v) is 6.48. The molecule has 0 amide bonds. The number of furan rings is 1. The summed E-state index contributed by atoms with van der Waals surface area (Å²) >= 11 is 0. The highest BCUT2D eigenvalue weighted by Gasteiger charge is 2.41. The highest BCUT2D eigenvalue weighted by molar-refractivity contribution is 5.12. The summed E-state index contributed by atoms with van der Waals surface area (Å²) < 4.78 is 47.8. The molecule has 20 heavy (non-hydrogen) atoms. The SMILES string of the molecule is COCc1ccc(C2CCCN2CC(O)C(F)(F)F)o1. The Hall–Kier alpha value is -1.05. The van der Waals surface area contributed by atoms with Crippen LogP contribution in [0.3, 0.4) is 0 Å². The fraction of sp³-hybridized carbons (Fsp3) is 0.692. The number of ether oxygens (including phenoxy) is 1. The summed E-state index contributed by atoms with van der Waals surface area (Å²) in [6.07, 6.45) is -5.39. The highest BCUT2D eigenvalue weighted by Crippen LogP contribution is 2.34. The molecule has 1 N–H and O–H groups in total. The molecule has 2 heterocycles. The molecular weight excluding hydrogens is 275 g/mol. The fourth-order valence-corrected chi connectivity index (χ4v) is 2.49. The first-order valence-electron chi connectivity index (χ1n) is 6.48. The number of halogens is 3. The number of nitrogens with zero attached hydrogens (tertiary/aromatic N) is 1. The van der Waals surface area contributed by atoms with Crippen molar-refractivity contribution in [3.63, 3.8) is 0 Å². The maximum atomic E-state index is 12.4. The quantitative estimate of drug-likeness (QED) is 0.906. The number of rotatable bonds is 5. The lowest BCUT2D eigenvalue weighted by Gasteiger charge is -2.26. The van der Waals surface area contributed by atoms with Crippen LogP contribution >= 0.6 is 0 Å². The molecule has 1 aromatic heterocycles. The van der Waals surface area contributed by atoms with E-state index in [2.05, 4.69) is 0 Å². The van der Waals surface area contributed by atoms with Crippen LogP contribution in [0.1, 0.15) is 30.4 Å². The van der Waals surface area contributed by atoms with E-state index < -0.39 is 18.8 Å². The van der Waals surface area contributed by atoms with Gasteiger partial charge in [-0.1, -0.05) is 0 Å². The Labute approximate surface area is 115 Å². The van der Waals surface area contributed by atoms with Gasteiger partial charge in [-0.25, -0.2) is 0 Å². The Kier molecular flexibility index (Phi) is 4.72. The number of hydrogen-bond donors (Lipinski definition) is 1. The van der Waals surface area contributed by atoms with E-state index in [9.17, 15) is 18.3 Å². The summed E-state index contributed by atoms with van der Waals surface area (Å²) in [7, 11) is 1.55. The van der Waals surface area contributed by atoms with Crippen molar-refractivity contribution in [3.05, 3.63) is 23.7 Å². The monoisotopic (exact) mass is 293 g/mol. The standard InChI is InChI=1S/C13H18F3NO3/c1-19-8-9-4-5-11(20-9)10-3-2-6-17(10)7-12(18)13(14,15)16/h4-5,10,12,18H,2-3,6-8H2,1H3. The van der Waals surface area contributed by atoms with Gasteiger partial charge in [0.1, 0.15) is 18.1 Å². The molecule has 2 rings (SSSR count). The number of aliphatic hydroxyl groups is 1. The summed E-state index contributed by atoms with van der Waals surface area (Å²) in [5.74, 6) is 1.27. The van der Waals surface area contributed by atoms with E-state index in [0.29, 0.717) is 24.7 Å². The minimum atomic E-state index is -4.59. The predicted octanol–water partition coefficient (Wildman–Crippen LogP) is 2.49. The van der Waals surface area contributed by atoms with Crippen molar-refractivity contribution in [1.82, 2.24) is 4.90 Å². The van der Waals surface area contributed by atoms with Crippen LogP contribution in [0.4, 0.5) is 13.2 Å². The first kappa shape index (κ1) is 15.3. The normalized spacial score (nSPS) is 22.4. The molecule has 0 spiro atoms. The van der Waals surface area contributed by atoms with Crippen LogP contribution in [0.25, 0.3) is 0 Å². The van der Waals surface area contributed by atoms with Gasteiger partial charge in [0, 0.05) is 13.7 Å². The van der Waals surface area contributed by atoms with Gasteiger partial charge in [0.15, 0.2) is 6.10 Å². The van der Waals surface area contributed by atoms with E-state index >= 15 is 0 Å². The second-order valence-corrected chi connectivity index (χ2v) is 4.95. The Morgan fingerprint density at radius 1 is 1.50 bits per heavy atom. The molecule has 0 bridgehead atoms. The van der Waals surface area contributed by atoms with Gasteiger partial charge < -0.3 is 14.3 Å². The molecule has 0 aliphatic carbocycles. The summed E-state index contributed by atoms with van der Waals surface area (Å²) in [5, 5.41) is 9.18. The number of likely N-dealkylation sites (tertiary alicyclic amines) is 1. The summed E-state index contributed by atoms with van der Waals surface area (Å²) in [6, 6.07) is 3.31. The van der Waals surface area contributed by atoms with Gasteiger partial charge in [-0.2, -0.15) is 13.2 Å². The van der Waals surface area contributed by atoms with E-state index in [1.54, 1.807) is 24.1 Å². The Morgan fingerprint density at radius 2 is 2.25 bits per heavy atom. The molecule has 1 fully saturated rings. The number of β-amino-alcohol motifs (C(OH)–C–C–N with tert-alkyl or cyclic N) is 1. The molecule has 7 heteroatoms. The zero-order valence-electron chi connectivity index (χ0n) is 11.2. The third-order valence-electron chi connectivity index (χ3n) is 3.45. The van der Waals surface area contributed by atoms with Crippen molar-refractivity contribution in [1.29, 1.82) is 0 Å². The van der Waals surface area contributed by atoms with Gasteiger partial charge in [0.05, 0.1) is 6.04 Å². The van der Waals surface area contributed by atoms with Gasteiger partial charge in [-0.05, 0) is 31.5 Å². The van der Waals surface area contributed by atoms with Gasteiger partial charge >= 0.3 is 6.18 Å². The Morgan fingerprint density at radius 3 is 2.90 bits per heavy atom. The zero-order valence-corrected chi connectivity index (χ0v) is 11.2. The number of alkyl halides is 3. The molecule has 2 atom stereocenters. The lowest BCUT2D eigenvalue weighted by Crippen LogP contribution is -2.40. The van der Waals surface area contributed by atoms with Gasteiger partial charge in [-0.3, -0.25) is 4.90 Å². The van der Waals surface area contributed by atoms with Crippen LogP contribution in [-0.4, -0.2) is 42.5 Å². The van der Waals surface area contributed by atoms with E-state index in [1.807, 2.05) is 0 Å². The van der Waals surface area contributed by atoms with Crippen LogP contribution in [0.5, 0.6) is 0 Å². The molecule has 4 nitrogen and oxygen atoms in total. The van der Waals surface area contributed by atoms with Crippen LogP contribution in [-0.2, 0) is 11.3 Å². The Balaban J connectivity index is 2.03. The summed E-state index contributed by atoms with van der Waals surface area (Å²) in [4.78, 5) is 1.62. The fourth-order valence-electron chi connectivity index (χ4n) is 2.49. The first-order chi connectivity index (χ1) is 9.41. The van der Waals surface area contributed by atoms with Crippen molar-refractivity contribution in [2.75, 3.05) is 20.2 Å². The van der Waals surface area contributed by atoms with Gasteiger partial charge in [0.2, 0.25) is 0 Å². The smallest absolute Gasteiger partial charge is 0.415 e. The van der Waals surface area contributed by atoms with Crippen molar-refractivity contribution in [2.24, 2.45) is 0 Å². The van der Waals surface area contributed by atoms with E-state index in [4.69, 9.17) is 9.15 Å². The second kappa shape index (κ2) is 6.15. The molecule has 114 valence electrons. The molecule has 1 aromatic rings. The van der Waals surface area contributed by atoms with E-state index in [0.717, 1.165) is 12.8 Å². The minimum Gasteiger partial charge on any atom is -0.462 e. The van der Waals surface area contributed by atoms with Crippen LogP contribution in [0, 0.1) is 0 Å². The van der Waals surface area contributed by atoms with Crippen molar-refractivity contribution in [2.45, 2.75) is 37.8 Å². The van der Waals surface area contributed by atoms with Gasteiger partial charge in [-0.15, -0.1) is 0 Å². The van der Waals surface area contributed by atoms with E-state index in [-0.39, 0.29) is 6.04 Å². The maximum absolute atomic E-state index is 12.4. The van der Waals surface area contributed by atoms with Crippen LogP contribution < -0.4 is 0 Å². The predicted molar refractivity (Wildman–Crippen MR) is 65.0 cm³/mol. The molecule has 2 unspecified atom stereocenters. The molecule has 0 radical (unpaired) electrons. The molecule has 0 saturated carbocycles. The van der Waals surface area contributed by atoms with Crippen LogP contribution in [0.15, 0.2) is 16.5 Å². The van der Waals surface area contributed by atoms with E-state index in [1.165, 1.54) is 0 Å². The average Bonchev–Trinajstić information content (AvgIpc) is 2.97. The summed E-state index contributed by atoms with van der Waals surface area (Å²) in [5.41, 5.74) is 0. The Bertz CT molecular complexity index is 433. The molecule has 0 aromatic carbocycles. The van der Waals surface area contributed by atoms with Crippen molar-refractivity contribution in [3.8, 4) is 0 Å². The highest BCUT2D eigenvalue weighted by atomic mass is 19.4. The summed E-state index contributed by atoms with van der Waals surface area (Å²) in [6.45, 7) is 0.435. The zero-order chi connectivity index (χ0) is 14.8. The molecule has 1 aliphatic rings. The third kappa shape index (κ3) is 3.53. The number of hydrogen-bond acceptors (Lipinski definition) is 4. The third-order valence-corrected chi connectivity index (χ3v) is 3.45. The topological polar surface area (TPSA) is 45.8 Å². The minimum absolute atomic E-state index is 0.211.